The summed E-state index contributed by atoms with van der Waals surface area (Å²) in [6, 6.07) is 8.78. The number of alkyl halides is 4. The predicted octanol–water partition coefficient (Wildman–Crippen LogP) is 5.25. The minimum Gasteiger partial charge on any atom is -0.320 e. The zero-order valence-electron chi connectivity index (χ0n) is 20.3. The third-order valence-corrected chi connectivity index (χ3v) is 7.67. The van der Waals surface area contributed by atoms with Crippen LogP contribution in [0.15, 0.2) is 36.7 Å². The number of hydrogen-bond donors (Lipinski definition) is 1. The van der Waals surface area contributed by atoms with Crippen molar-refractivity contribution in [2.45, 2.75) is 50.5 Å². The van der Waals surface area contributed by atoms with Gasteiger partial charge in [0.05, 0.1) is 5.52 Å². The van der Waals surface area contributed by atoms with Crippen molar-refractivity contribution in [3.05, 3.63) is 59.3 Å². The van der Waals surface area contributed by atoms with E-state index in [-0.39, 0.29) is 24.5 Å². The van der Waals surface area contributed by atoms with E-state index >= 15 is 0 Å². The highest BCUT2D eigenvalue weighted by atomic mass is 19.4. The van der Waals surface area contributed by atoms with Crippen molar-refractivity contribution in [2.24, 2.45) is 13.0 Å². The highest BCUT2D eigenvalue weighted by molar-refractivity contribution is 5.91. The van der Waals surface area contributed by atoms with E-state index < -0.39 is 18.0 Å². The molecule has 1 aliphatic carbocycles. The third-order valence-electron chi connectivity index (χ3n) is 7.67. The molecule has 1 saturated carbocycles. The number of pyridine rings is 1. The monoisotopic (exact) mass is 513 g/mol. The fraction of sp³-hybridized carbons (Fsp3) is 0.462. The third kappa shape index (κ3) is 4.49. The van der Waals surface area contributed by atoms with Crippen LogP contribution in [-0.2, 0) is 19.8 Å². The Morgan fingerprint density at radius 1 is 1.16 bits per heavy atom. The Morgan fingerprint density at radius 3 is 2.65 bits per heavy atom. The molecule has 6 rings (SSSR count). The Hall–Kier alpha value is -3.34. The predicted molar refractivity (Wildman–Crippen MR) is 129 cm³/mol. The first-order valence-corrected chi connectivity index (χ1v) is 12.5. The van der Waals surface area contributed by atoms with Gasteiger partial charge < -0.3 is 4.57 Å². The first-order valence-electron chi connectivity index (χ1n) is 12.5. The number of benzene rings is 1. The second-order valence-corrected chi connectivity index (χ2v) is 10.2. The van der Waals surface area contributed by atoms with Crippen LogP contribution in [0, 0.1) is 5.92 Å². The Labute approximate surface area is 210 Å². The zero-order chi connectivity index (χ0) is 25.7. The molecule has 0 radical (unpaired) electrons. The van der Waals surface area contributed by atoms with Gasteiger partial charge in [-0.05, 0) is 48.4 Å². The maximum Gasteiger partial charge on any atom is 0.433 e. The topological polar surface area (TPSA) is 75.5 Å². The average molecular weight is 514 g/mol. The smallest absolute Gasteiger partial charge is 0.320 e. The van der Waals surface area contributed by atoms with Gasteiger partial charge in [-0.15, -0.1) is 10.2 Å². The van der Waals surface area contributed by atoms with Crippen LogP contribution in [0.1, 0.15) is 54.2 Å². The second kappa shape index (κ2) is 9.20. The lowest BCUT2D eigenvalue weighted by molar-refractivity contribution is -0.141. The van der Waals surface area contributed by atoms with E-state index in [1.807, 2.05) is 40.8 Å². The van der Waals surface area contributed by atoms with E-state index in [0.717, 1.165) is 36.7 Å². The SMILES string of the molecule is Cn1cnnc1[C@@H](c1cccc(-c2n[nH]c3c(CN4CCC(F)C4)cc(C(F)(F)F)nc23)c1)C1CCC1. The summed E-state index contributed by atoms with van der Waals surface area (Å²) in [7, 11) is 1.92. The zero-order valence-corrected chi connectivity index (χ0v) is 20.3. The number of nitrogens with zero attached hydrogens (tertiary/aromatic N) is 6. The first-order chi connectivity index (χ1) is 17.8. The molecule has 2 atom stereocenters. The molecule has 37 heavy (non-hydrogen) atoms. The standard InChI is InChI=1S/C26H27F4N7/c1-36-14-31-35-25(36)21(15-4-2-5-15)16-6-3-7-17(10-16)22-24-23(34-33-22)18(11-20(32-24)26(28,29)30)12-37-9-8-19(27)13-37/h3,6-7,10-11,14-15,19,21H,2,4-5,8-9,12-13H2,1H3,(H,33,34)/t19?,21-/m1/s1. The molecular weight excluding hydrogens is 486 g/mol. The number of likely N-dealkylation sites (tertiary alicyclic amines) is 1. The Kier molecular flexibility index (Phi) is 5.97. The average Bonchev–Trinajstić information content (AvgIpc) is 3.55. The lowest BCUT2D eigenvalue weighted by Crippen LogP contribution is -2.24. The number of hydrogen-bond acceptors (Lipinski definition) is 5. The minimum atomic E-state index is -4.62. The quantitative estimate of drug-likeness (QED) is 0.357. The van der Waals surface area contributed by atoms with Crippen LogP contribution >= 0.6 is 0 Å². The molecular formula is C26H27F4N7. The van der Waals surface area contributed by atoms with Gasteiger partial charge >= 0.3 is 6.18 Å². The summed E-state index contributed by atoms with van der Waals surface area (Å²) in [6.07, 6.45) is -0.177. The van der Waals surface area contributed by atoms with Gasteiger partial charge in [-0.25, -0.2) is 9.37 Å². The molecule has 0 spiro atoms. The van der Waals surface area contributed by atoms with Crippen LogP contribution in [0.4, 0.5) is 17.6 Å². The summed E-state index contributed by atoms with van der Waals surface area (Å²) in [5.74, 6) is 1.32. The maximum atomic E-state index is 13.8. The number of aryl methyl sites for hydroxylation is 1. The Bertz CT molecular complexity index is 1420. The van der Waals surface area contributed by atoms with Gasteiger partial charge in [-0.3, -0.25) is 10.00 Å². The van der Waals surface area contributed by atoms with E-state index in [4.69, 9.17) is 0 Å². The fourth-order valence-corrected chi connectivity index (χ4v) is 5.56. The molecule has 11 heteroatoms. The summed E-state index contributed by atoms with van der Waals surface area (Å²) in [4.78, 5) is 5.82. The minimum absolute atomic E-state index is 0.0319. The number of halogens is 4. The van der Waals surface area contributed by atoms with E-state index in [1.165, 1.54) is 0 Å². The van der Waals surface area contributed by atoms with Gasteiger partial charge in [-0.1, -0.05) is 24.6 Å². The largest absolute Gasteiger partial charge is 0.433 e. The van der Waals surface area contributed by atoms with Crippen molar-refractivity contribution in [3.63, 3.8) is 0 Å². The number of fused-ring (bicyclic) bond motifs is 1. The van der Waals surface area contributed by atoms with E-state index in [1.54, 1.807) is 6.33 Å². The Balaban J connectivity index is 1.43. The van der Waals surface area contributed by atoms with Crippen LogP contribution in [0.5, 0.6) is 0 Å². The van der Waals surface area contributed by atoms with Crippen LogP contribution < -0.4 is 0 Å². The van der Waals surface area contributed by atoms with Crippen molar-refractivity contribution in [1.29, 1.82) is 0 Å². The van der Waals surface area contributed by atoms with Crippen molar-refractivity contribution < 1.29 is 17.6 Å². The lowest BCUT2D eigenvalue weighted by atomic mass is 9.72. The van der Waals surface area contributed by atoms with Gasteiger partial charge in [0, 0.05) is 38.2 Å². The van der Waals surface area contributed by atoms with Gasteiger partial charge in [0.2, 0.25) is 0 Å². The molecule has 1 saturated heterocycles. The molecule has 2 aliphatic rings. The van der Waals surface area contributed by atoms with Gasteiger partial charge in [0.15, 0.2) is 0 Å². The van der Waals surface area contributed by atoms with E-state index in [0.29, 0.717) is 41.2 Å². The van der Waals surface area contributed by atoms with Crippen LogP contribution in [-0.4, -0.2) is 54.1 Å². The summed E-state index contributed by atoms with van der Waals surface area (Å²) in [6.45, 7) is 0.902. The van der Waals surface area contributed by atoms with Crippen LogP contribution in [0.25, 0.3) is 22.3 Å². The van der Waals surface area contributed by atoms with Gasteiger partial charge in [0.25, 0.3) is 0 Å². The van der Waals surface area contributed by atoms with Crippen molar-refractivity contribution in [3.8, 4) is 11.3 Å². The second-order valence-electron chi connectivity index (χ2n) is 10.2. The number of rotatable bonds is 6. The molecule has 2 fully saturated rings. The van der Waals surface area contributed by atoms with Crippen LogP contribution in [0.3, 0.4) is 0 Å². The van der Waals surface area contributed by atoms with E-state index in [9.17, 15) is 17.6 Å². The molecule has 1 aromatic carbocycles. The van der Waals surface area contributed by atoms with Gasteiger partial charge in [-0.2, -0.15) is 18.3 Å². The summed E-state index contributed by atoms with van der Waals surface area (Å²) in [5, 5.41) is 15.8. The van der Waals surface area contributed by atoms with Crippen molar-refractivity contribution in [1.82, 2.24) is 34.8 Å². The van der Waals surface area contributed by atoms with Gasteiger partial charge in [0.1, 0.15) is 35.2 Å². The first kappa shape index (κ1) is 24.0. The summed E-state index contributed by atoms with van der Waals surface area (Å²) < 4.78 is 57.1. The molecule has 3 aromatic heterocycles. The maximum absolute atomic E-state index is 13.8. The normalized spacial score (nSPS) is 20.0. The number of H-pyrrole nitrogens is 1. The van der Waals surface area contributed by atoms with Crippen molar-refractivity contribution in [2.75, 3.05) is 13.1 Å². The van der Waals surface area contributed by atoms with Crippen LogP contribution in [0.2, 0.25) is 0 Å². The molecule has 1 N–H and O–H groups in total. The lowest BCUT2D eigenvalue weighted by Gasteiger charge is -2.33. The molecule has 194 valence electrons. The number of nitrogens with one attached hydrogen (secondary N) is 1. The summed E-state index contributed by atoms with van der Waals surface area (Å²) >= 11 is 0. The highest BCUT2D eigenvalue weighted by Crippen LogP contribution is 2.43. The fourth-order valence-electron chi connectivity index (χ4n) is 5.56. The molecule has 4 aromatic rings. The Morgan fingerprint density at radius 2 is 2.00 bits per heavy atom. The number of aromatic nitrogens is 6. The van der Waals surface area contributed by atoms with Crippen molar-refractivity contribution >= 4 is 11.0 Å². The molecule has 1 unspecified atom stereocenters. The molecule has 4 heterocycles. The molecule has 0 amide bonds. The molecule has 1 aliphatic heterocycles. The molecule has 0 bridgehead atoms. The summed E-state index contributed by atoms with van der Waals surface area (Å²) in [5.41, 5.74) is 2.10. The van der Waals surface area contributed by atoms with E-state index in [2.05, 4.69) is 25.4 Å². The molecule has 7 nitrogen and oxygen atoms in total. The highest BCUT2D eigenvalue weighted by Gasteiger charge is 2.36. The number of aromatic amines is 1.